The van der Waals surface area contributed by atoms with E-state index in [0.29, 0.717) is 18.7 Å². The van der Waals surface area contributed by atoms with Crippen LogP contribution in [0.1, 0.15) is 48.9 Å². The molecule has 6 nitrogen and oxygen atoms in total. The normalized spacial score (nSPS) is 19.5. The topological polar surface area (TPSA) is 75.7 Å². The molecule has 1 aromatic carbocycles. The number of sulfonamides is 1. The van der Waals surface area contributed by atoms with Gasteiger partial charge in [-0.15, -0.1) is 0 Å². The number of hydrogen-bond acceptors (Lipinski definition) is 4. The monoisotopic (exact) mass is 352 g/mol. The standard InChI is InChI=1S/C17H24N2O4S/c1-23-15-9-8-13(17(20)18-14-6-2-3-7-14)12-16(15)24(21,22)19-10-4-5-11-19/h8-9,12,14H,2-7,10-11H2,1H3,(H,18,20). The highest BCUT2D eigenvalue weighted by atomic mass is 32.2. The lowest BCUT2D eigenvalue weighted by molar-refractivity contribution is 0.0937. The molecule has 0 atom stereocenters. The Bertz CT molecular complexity index is 705. The third-order valence-corrected chi connectivity index (χ3v) is 6.72. The summed E-state index contributed by atoms with van der Waals surface area (Å²) < 4.78 is 32.4. The molecule has 1 saturated heterocycles. The Hall–Kier alpha value is -1.60. The van der Waals surface area contributed by atoms with Crippen LogP contribution in [-0.2, 0) is 10.0 Å². The smallest absolute Gasteiger partial charge is 0.251 e. The van der Waals surface area contributed by atoms with E-state index in [1.807, 2.05) is 0 Å². The van der Waals surface area contributed by atoms with Crippen molar-refractivity contribution in [2.75, 3.05) is 20.2 Å². The lowest BCUT2D eigenvalue weighted by Crippen LogP contribution is -2.33. The second kappa shape index (κ2) is 7.11. The van der Waals surface area contributed by atoms with Crippen LogP contribution in [0.25, 0.3) is 0 Å². The molecule has 0 spiro atoms. The number of nitrogens with one attached hydrogen (secondary N) is 1. The number of rotatable bonds is 5. The second-order valence-corrected chi connectivity index (χ2v) is 8.34. The van der Waals surface area contributed by atoms with Crippen LogP contribution >= 0.6 is 0 Å². The first-order valence-corrected chi connectivity index (χ1v) is 9.95. The number of benzene rings is 1. The first-order valence-electron chi connectivity index (χ1n) is 8.51. The lowest BCUT2D eigenvalue weighted by atomic mass is 10.1. The molecule has 0 aromatic heterocycles. The van der Waals surface area contributed by atoms with E-state index in [-0.39, 0.29) is 22.6 Å². The highest BCUT2D eigenvalue weighted by Crippen LogP contribution is 2.30. The van der Waals surface area contributed by atoms with Crippen molar-refractivity contribution in [1.82, 2.24) is 9.62 Å². The Kier molecular flexibility index (Phi) is 5.10. The number of amides is 1. The predicted molar refractivity (Wildman–Crippen MR) is 90.7 cm³/mol. The van der Waals surface area contributed by atoms with Crippen molar-refractivity contribution < 1.29 is 17.9 Å². The minimum absolute atomic E-state index is 0.0750. The summed E-state index contributed by atoms with van der Waals surface area (Å²) in [7, 11) is -2.20. The van der Waals surface area contributed by atoms with Gasteiger partial charge in [0.25, 0.3) is 5.91 Å². The Morgan fingerprint density at radius 2 is 1.83 bits per heavy atom. The van der Waals surface area contributed by atoms with Gasteiger partial charge in [-0.2, -0.15) is 4.31 Å². The number of hydrogen-bond donors (Lipinski definition) is 1. The van der Waals surface area contributed by atoms with Gasteiger partial charge >= 0.3 is 0 Å². The van der Waals surface area contributed by atoms with Crippen molar-refractivity contribution in [2.45, 2.75) is 49.5 Å². The average molecular weight is 352 g/mol. The van der Waals surface area contributed by atoms with Crippen LogP contribution in [0.15, 0.2) is 23.1 Å². The SMILES string of the molecule is COc1ccc(C(=O)NC2CCCC2)cc1S(=O)(=O)N1CCCC1. The minimum atomic E-state index is -3.64. The van der Waals surface area contributed by atoms with E-state index in [1.54, 1.807) is 12.1 Å². The van der Waals surface area contributed by atoms with Gasteiger partial charge in [-0.1, -0.05) is 12.8 Å². The van der Waals surface area contributed by atoms with Gasteiger partial charge in [0.15, 0.2) is 0 Å². The zero-order valence-electron chi connectivity index (χ0n) is 14.0. The maximum atomic E-state index is 12.8. The molecule has 7 heteroatoms. The third kappa shape index (κ3) is 3.42. The maximum absolute atomic E-state index is 12.8. The largest absolute Gasteiger partial charge is 0.495 e. The van der Waals surface area contributed by atoms with Crippen LogP contribution in [0.5, 0.6) is 5.75 Å². The fourth-order valence-corrected chi connectivity index (χ4v) is 5.12. The fraction of sp³-hybridized carbons (Fsp3) is 0.588. The van der Waals surface area contributed by atoms with E-state index in [1.165, 1.54) is 17.5 Å². The van der Waals surface area contributed by atoms with Gasteiger partial charge in [-0.25, -0.2) is 8.42 Å². The molecule has 1 aliphatic carbocycles. The number of carbonyl (C=O) groups is 1. The van der Waals surface area contributed by atoms with E-state index in [0.717, 1.165) is 38.5 Å². The van der Waals surface area contributed by atoms with Crippen molar-refractivity contribution in [2.24, 2.45) is 0 Å². The molecule has 1 heterocycles. The van der Waals surface area contributed by atoms with E-state index in [9.17, 15) is 13.2 Å². The molecule has 2 fully saturated rings. The summed E-state index contributed by atoms with van der Waals surface area (Å²) in [5.41, 5.74) is 0.362. The molecular weight excluding hydrogens is 328 g/mol. The van der Waals surface area contributed by atoms with Crippen molar-refractivity contribution in [3.63, 3.8) is 0 Å². The summed E-state index contributed by atoms with van der Waals surface area (Å²) in [6, 6.07) is 4.81. The first-order chi connectivity index (χ1) is 11.5. The maximum Gasteiger partial charge on any atom is 0.251 e. The molecule has 1 saturated carbocycles. The summed E-state index contributed by atoms with van der Waals surface area (Å²) >= 11 is 0. The summed E-state index contributed by atoms with van der Waals surface area (Å²) in [5, 5.41) is 2.99. The number of methoxy groups -OCH3 is 1. The fourth-order valence-electron chi connectivity index (χ4n) is 3.43. The van der Waals surface area contributed by atoms with Crippen LogP contribution < -0.4 is 10.1 Å². The van der Waals surface area contributed by atoms with E-state index >= 15 is 0 Å². The van der Waals surface area contributed by atoms with Gasteiger partial charge < -0.3 is 10.1 Å². The molecule has 132 valence electrons. The molecule has 3 rings (SSSR count). The van der Waals surface area contributed by atoms with Crippen molar-refractivity contribution in [3.8, 4) is 5.75 Å². The van der Waals surface area contributed by atoms with Crippen LogP contribution in [0.3, 0.4) is 0 Å². The number of nitrogens with zero attached hydrogens (tertiary/aromatic N) is 1. The molecular formula is C17H24N2O4S. The summed E-state index contributed by atoms with van der Waals surface area (Å²) in [4.78, 5) is 12.5. The van der Waals surface area contributed by atoms with E-state index < -0.39 is 10.0 Å². The molecule has 1 aromatic rings. The van der Waals surface area contributed by atoms with Gasteiger partial charge in [0.05, 0.1) is 7.11 Å². The summed E-state index contributed by atoms with van der Waals surface area (Å²) in [6.45, 7) is 1.04. The molecule has 0 unspecified atom stereocenters. The highest BCUT2D eigenvalue weighted by molar-refractivity contribution is 7.89. The molecule has 0 bridgehead atoms. The quantitative estimate of drug-likeness (QED) is 0.881. The Labute approximate surface area is 143 Å². The molecule has 1 N–H and O–H groups in total. The van der Waals surface area contributed by atoms with Crippen LogP contribution in [-0.4, -0.2) is 44.9 Å². The Morgan fingerprint density at radius 3 is 2.46 bits per heavy atom. The minimum Gasteiger partial charge on any atom is -0.495 e. The van der Waals surface area contributed by atoms with E-state index in [4.69, 9.17) is 4.74 Å². The van der Waals surface area contributed by atoms with Crippen molar-refractivity contribution >= 4 is 15.9 Å². The first kappa shape index (κ1) is 17.2. The zero-order chi connectivity index (χ0) is 17.2. The highest BCUT2D eigenvalue weighted by Gasteiger charge is 2.31. The van der Waals surface area contributed by atoms with Gasteiger partial charge in [-0.05, 0) is 43.9 Å². The van der Waals surface area contributed by atoms with Crippen LogP contribution in [0.2, 0.25) is 0 Å². The summed E-state index contributed by atoms with van der Waals surface area (Å²) in [5.74, 6) is 0.0572. The number of carbonyl (C=O) groups excluding carboxylic acids is 1. The van der Waals surface area contributed by atoms with Crippen LogP contribution in [0, 0.1) is 0 Å². The Morgan fingerprint density at radius 1 is 1.17 bits per heavy atom. The van der Waals surface area contributed by atoms with Crippen molar-refractivity contribution in [3.05, 3.63) is 23.8 Å². The molecule has 1 aliphatic heterocycles. The van der Waals surface area contributed by atoms with Gasteiger partial charge in [0.2, 0.25) is 10.0 Å². The van der Waals surface area contributed by atoms with Gasteiger partial charge in [0, 0.05) is 24.7 Å². The van der Waals surface area contributed by atoms with Crippen molar-refractivity contribution in [1.29, 1.82) is 0 Å². The van der Waals surface area contributed by atoms with Crippen LogP contribution in [0.4, 0.5) is 0 Å². The molecule has 24 heavy (non-hydrogen) atoms. The molecule has 1 amide bonds. The third-order valence-electron chi connectivity index (χ3n) is 4.80. The number of ether oxygens (including phenoxy) is 1. The Balaban J connectivity index is 1.88. The van der Waals surface area contributed by atoms with Gasteiger partial charge in [0.1, 0.15) is 10.6 Å². The molecule has 2 aliphatic rings. The predicted octanol–water partition coefficient (Wildman–Crippen LogP) is 2.15. The summed E-state index contributed by atoms with van der Waals surface area (Å²) in [6.07, 6.45) is 5.96. The lowest BCUT2D eigenvalue weighted by Gasteiger charge is -2.19. The van der Waals surface area contributed by atoms with Gasteiger partial charge in [-0.3, -0.25) is 4.79 Å². The van der Waals surface area contributed by atoms with E-state index in [2.05, 4.69) is 5.32 Å². The molecule has 0 radical (unpaired) electrons. The second-order valence-electron chi connectivity index (χ2n) is 6.43. The zero-order valence-corrected chi connectivity index (χ0v) is 14.8. The average Bonchev–Trinajstić information content (AvgIpc) is 3.28.